The van der Waals surface area contributed by atoms with Gasteiger partial charge < -0.3 is 10.2 Å². The van der Waals surface area contributed by atoms with Crippen molar-refractivity contribution >= 4 is 23.2 Å². The molecule has 1 saturated heterocycles. The van der Waals surface area contributed by atoms with E-state index in [4.69, 9.17) is 0 Å². The summed E-state index contributed by atoms with van der Waals surface area (Å²) in [5.74, 6) is -1.95. The van der Waals surface area contributed by atoms with Crippen molar-refractivity contribution in [3.8, 4) is 0 Å². The fourth-order valence-electron chi connectivity index (χ4n) is 2.58. The van der Waals surface area contributed by atoms with Gasteiger partial charge in [-0.1, -0.05) is 30.3 Å². The zero-order valence-electron chi connectivity index (χ0n) is 11.8. The Balaban J connectivity index is 1.74. The smallest absolute Gasteiger partial charge is 0.239 e. The van der Waals surface area contributed by atoms with Gasteiger partial charge in [-0.3, -0.25) is 9.59 Å². The minimum Gasteiger partial charge on any atom is -0.325 e. The summed E-state index contributed by atoms with van der Waals surface area (Å²) in [4.78, 5) is 26.0. The molecule has 1 fully saturated rings. The van der Waals surface area contributed by atoms with Crippen LogP contribution in [0.4, 0.5) is 15.8 Å². The van der Waals surface area contributed by atoms with Gasteiger partial charge in [0.15, 0.2) is 0 Å². The Bertz CT molecular complexity index is 703. The van der Waals surface area contributed by atoms with Crippen molar-refractivity contribution in [1.82, 2.24) is 0 Å². The molecular formula is C17H15FN2O2. The molecule has 1 aliphatic heterocycles. The van der Waals surface area contributed by atoms with Gasteiger partial charge in [-0.25, -0.2) is 4.39 Å². The number of halogens is 1. The van der Waals surface area contributed by atoms with E-state index in [1.54, 1.807) is 42.5 Å². The van der Waals surface area contributed by atoms with Crippen LogP contribution in [0.2, 0.25) is 0 Å². The second-order valence-electron chi connectivity index (χ2n) is 5.14. The molecule has 1 unspecified atom stereocenters. The van der Waals surface area contributed by atoms with Gasteiger partial charge in [-0.05, 0) is 30.7 Å². The van der Waals surface area contributed by atoms with Gasteiger partial charge in [0.05, 0.1) is 5.69 Å². The van der Waals surface area contributed by atoms with E-state index in [1.165, 1.54) is 11.0 Å². The molecule has 0 spiro atoms. The molecule has 2 aromatic carbocycles. The molecule has 0 bridgehead atoms. The molecule has 112 valence electrons. The van der Waals surface area contributed by atoms with Gasteiger partial charge in [0.2, 0.25) is 11.8 Å². The van der Waals surface area contributed by atoms with Crippen molar-refractivity contribution in [2.45, 2.75) is 6.42 Å². The summed E-state index contributed by atoms with van der Waals surface area (Å²) in [7, 11) is 0. The molecule has 0 aromatic heterocycles. The lowest BCUT2D eigenvalue weighted by Crippen LogP contribution is -2.33. The highest BCUT2D eigenvalue weighted by atomic mass is 19.1. The maximum Gasteiger partial charge on any atom is 0.239 e. The largest absolute Gasteiger partial charge is 0.325 e. The maximum absolute atomic E-state index is 13.8. The zero-order valence-corrected chi connectivity index (χ0v) is 11.8. The lowest BCUT2D eigenvalue weighted by molar-refractivity contribution is -0.129. The second-order valence-corrected chi connectivity index (χ2v) is 5.14. The third-order valence-corrected chi connectivity index (χ3v) is 3.71. The summed E-state index contributed by atoms with van der Waals surface area (Å²) in [6.07, 6.45) is 0.381. The van der Waals surface area contributed by atoms with Crippen LogP contribution in [0.3, 0.4) is 0 Å². The highest BCUT2D eigenvalue weighted by Gasteiger charge is 2.38. The molecule has 3 rings (SSSR count). The number of rotatable bonds is 3. The molecule has 0 aliphatic carbocycles. The van der Waals surface area contributed by atoms with Gasteiger partial charge in [-0.15, -0.1) is 0 Å². The predicted octanol–water partition coefficient (Wildman–Crippen LogP) is 2.82. The second kappa shape index (κ2) is 5.97. The van der Waals surface area contributed by atoms with Gasteiger partial charge in [0.1, 0.15) is 11.7 Å². The van der Waals surface area contributed by atoms with Crippen LogP contribution in [-0.4, -0.2) is 18.4 Å². The first-order chi connectivity index (χ1) is 10.7. The Labute approximate surface area is 127 Å². The molecular weight excluding hydrogens is 283 g/mol. The fraction of sp³-hybridized carbons (Fsp3) is 0.176. The number of hydrogen-bond acceptors (Lipinski definition) is 2. The average Bonchev–Trinajstić information content (AvgIpc) is 2.90. The Morgan fingerprint density at radius 3 is 2.50 bits per heavy atom. The van der Waals surface area contributed by atoms with Crippen LogP contribution >= 0.6 is 0 Å². The molecule has 2 amide bonds. The van der Waals surface area contributed by atoms with E-state index < -0.39 is 11.7 Å². The van der Waals surface area contributed by atoms with E-state index in [0.29, 0.717) is 18.7 Å². The van der Waals surface area contributed by atoms with Gasteiger partial charge in [0, 0.05) is 12.2 Å². The minimum absolute atomic E-state index is 0.225. The maximum atomic E-state index is 13.8. The third-order valence-electron chi connectivity index (χ3n) is 3.71. The standard InChI is InChI=1S/C17H15FN2O2/c18-14-8-4-5-9-15(14)20-11-10-13(17(20)22)16(21)19-12-6-2-1-3-7-12/h1-9,13H,10-11H2,(H,19,21). The fourth-order valence-corrected chi connectivity index (χ4v) is 2.58. The summed E-state index contributed by atoms with van der Waals surface area (Å²) in [6, 6.07) is 15.1. The molecule has 5 heteroatoms. The quantitative estimate of drug-likeness (QED) is 0.886. The predicted molar refractivity (Wildman–Crippen MR) is 81.9 cm³/mol. The number of nitrogens with one attached hydrogen (secondary N) is 1. The number of carbonyl (C=O) groups is 2. The monoisotopic (exact) mass is 298 g/mol. The van der Waals surface area contributed by atoms with Crippen molar-refractivity contribution in [2.75, 3.05) is 16.8 Å². The number of carbonyl (C=O) groups excluding carboxylic acids is 2. The number of benzene rings is 2. The number of nitrogens with zero attached hydrogens (tertiary/aromatic N) is 1. The number of hydrogen-bond donors (Lipinski definition) is 1. The summed E-state index contributed by atoms with van der Waals surface area (Å²) < 4.78 is 13.8. The summed E-state index contributed by atoms with van der Waals surface area (Å²) >= 11 is 0. The van der Waals surface area contributed by atoms with E-state index in [-0.39, 0.29) is 17.5 Å². The van der Waals surface area contributed by atoms with Crippen LogP contribution < -0.4 is 10.2 Å². The summed E-state index contributed by atoms with van der Waals surface area (Å²) in [5, 5.41) is 2.72. The lowest BCUT2D eigenvalue weighted by atomic mass is 10.1. The van der Waals surface area contributed by atoms with Crippen LogP contribution in [0, 0.1) is 11.7 Å². The van der Waals surface area contributed by atoms with Gasteiger partial charge >= 0.3 is 0 Å². The summed E-state index contributed by atoms with van der Waals surface area (Å²) in [5.41, 5.74) is 0.868. The highest BCUT2D eigenvalue weighted by Crippen LogP contribution is 2.28. The molecule has 4 nitrogen and oxygen atoms in total. The van der Waals surface area contributed by atoms with Crippen molar-refractivity contribution in [3.63, 3.8) is 0 Å². The first-order valence-corrected chi connectivity index (χ1v) is 7.08. The Kier molecular flexibility index (Phi) is 3.87. The van der Waals surface area contributed by atoms with Crippen molar-refractivity contribution in [3.05, 3.63) is 60.4 Å². The normalized spacial score (nSPS) is 17.6. The number of anilines is 2. The van der Waals surface area contributed by atoms with E-state index >= 15 is 0 Å². The van der Waals surface area contributed by atoms with Crippen LogP contribution in [0.15, 0.2) is 54.6 Å². The van der Waals surface area contributed by atoms with Gasteiger partial charge in [-0.2, -0.15) is 0 Å². The summed E-state index contributed by atoms with van der Waals surface area (Å²) in [6.45, 7) is 0.340. The van der Waals surface area contributed by atoms with Crippen LogP contribution in [0.25, 0.3) is 0 Å². The SMILES string of the molecule is O=C(Nc1ccccc1)C1CCN(c2ccccc2F)C1=O. The lowest BCUT2D eigenvalue weighted by Gasteiger charge is -2.17. The van der Waals surface area contributed by atoms with Crippen molar-refractivity contribution < 1.29 is 14.0 Å². The highest BCUT2D eigenvalue weighted by molar-refractivity contribution is 6.13. The average molecular weight is 298 g/mol. The van der Waals surface area contributed by atoms with Crippen LogP contribution in [-0.2, 0) is 9.59 Å². The minimum atomic E-state index is -0.778. The first kappa shape index (κ1) is 14.3. The first-order valence-electron chi connectivity index (χ1n) is 7.08. The molecule has 1 heterocycles. The molecule has 0 saturated carbocycles. The van der Waals surface area contributed by atoms with Crippen molar-refractivity contribution in [2.24, 2.45) is 5.92 Å². The van der Waals surface area contributed by atoms with E-state index in [1.807, 2.05) is 6.07 Å². The number of para-hydroxylation sites is 2. The Morgan fingerprint density at radius 2 is 1.77 bits per heavy atom. The molecule has 1 aliphatic rings. The van der Waals surface area contributed by atoms with Crippen molar-refractivity contribution in [1.29, 1.82) is 0 Å². The molecule has 0 radical (unpaired) electrons. The molecule has 2 aromatic rings. The van der Waals surface area contributed by atoms with Crippen LogP contribution in [0.1, 0.15) is 6.42 Å². The van der Waals surface area contributed by atoms with E-state index in [9.17, 15) is 14.0 Å². The topological polar surface area (TPSA) is 49.4 Å². The van der Waals surface area contributed by atoms with E-state index in [2.05, 4.69) is 5.32 Å². The Morgan fingerprint density at radius 1 is 1.09 bits per heavy atom. The van der Waals surface area contributed by atoms with Gasteiger partial charge in [0.25, 0.3) is 0 Å². The molecule has 1 atom stereocenters. The van der Waals surface area contributed by atoms with E-state index in [0.717, 1.165) is 0 Å². The number of amides is 2. The molecule has 22 heavy (non-hydrogen) atoms. The third kappa shape index (κ3) is 2.70. The zero-order chi connectivity index (χ0) is 15.5. The molecule has 1 N–H and O–H groups in total. The Hall–Kier alpha value is -2.69. The van der Waals surface area contributed by atoms with Crippen LogP contribution in [0.5, 0.6) is 0 Å².